The van der Waals surface area contributed by atoms with E-state index < -0.39 is 6.10 Å². The molecule has 2 nitrogen and oxygen atoms in total. The van der Waals surface area contributed by atoms with Crippen molar-refractivity contribution in [3.63, 3.8) is 0 Å². The van der Waals surface area contributed by atoms with E-state index in [0.29, 0.717) is 12.3 Å². The molecule has 0 rings (SSSR count). The summed E-state index contributed by atoms with van der Waals surface area (Å²) in [6, 6.07) is 0. The second-order valence-electron chi connectivity index (χ2n) is 4.05. The van der Waals surface area contributed by atoms with Crippen LogP contribution in [-0.4, -0.2) is 22.9 Å². The van der Waals surface area contributed by atoms with E-state index in [9.17, 15) is 5.11 Å². The standard InChI is InChI=1S/C12H22O2/c1-9(2)11(4)12(14)7-5-6-10(3)8-13/h9,12-14H,3-8H2,1-2H3. The van der Waals surface area contributed by atoms with Crippen molar-refractivity contribution < 1.29 is 10.2 Å². The third kappa shape index (κ3) is 5.20. The minimum atomic E-state index is -0.415. The first-order chi connectivity index (χ1) is 6.49. The van der Waals surface area contributed by atoms with E-state index in [0.717, 1.165) is 24.0 Å². The number of aliphatic hydroxyl groups excluding tert-OH is 2. The molecule has 0 fully saturated rings. The maximum Gasteiger partial charge on any atom is 0.0750 e. The Labute approximate surface area is 87.0 Å². The maximum absolute atomic E-state index is 9.68. The Morgan fingerprint density at radius 3 is 2.29 bits per heavy atom. The van der Waals surface area contributed by atoms with Crippen molar-refractivity contribution in [2.45, 2.75) is 39.2 Å². The van der Waals surface area contributed by atoms with E-state index in [1.165, 1.54) is 0 Å². The lowest BCUT2D eigenvalue weighted by molar-refractivity contribution is 0.187. The Balaban J connectivity index is 3.69. The summed E-state index contributed by atoms with van der Waals surface area (Å²) in [4.78, 5) is 0. The maximum atomic E-state index is 9.68. The fourth-order valence-electron chi connectivity index (χ4n) is 1.19. The summed E-state index contributed by atoms with van der Waals surface area (Å²) in [7, 11) is 0. The number of rotatable bonds is 7. The van der Waals surface area contributed by atoms with Gasteiger partial charge in [0, 0.05) is 0 Å². The molecule has 0 heterocycles. The minimum Gasteiger partial charge on any atom is -0.392 e. The van der Waals surface area contributed by atoms with Crippen molar-refractivity contribution in [3.8, 4) is 0 Å². The third-order valence-corrected chi connectivity index (χ3v) is 2.40. The summed E-state index contributed by atoms with van der Waals surface area (Å²) in [6.45, 7) is 11.6. The second-order valence-corrected chi connectivity index (χ2v) is 4.05. The fraction of sp³-hybridized carbons (Fsp3) is 0.667. The molecule has 0 saturated carbocycles. The molecule has 0 bridgehead atoms. The molecule has 82 valence electrons. The van der Waals surface area contributed by atoms with E-state index >= 15 is 0 Å². The largest absolute Gasteiger partial charge is 0.392 e. The highest BCUT2D eigenvalue weighted by Gasteiger charge is 2.11. The summed E-state index contributed by atoms with van der Waals surface area (Å²) >= 11 is 0. The van der Waals surface area contributed by atoms with Crippen LogP contribution >= 0.6 is 0 Å². The number of hydrogen-bond donors (Lipinski definition) is 2. The van der Waals surface area contributed by atoms with Gasteiger partial charge in [0.1, 0.15) is 0 Å². The van der Waals surface area contributed by atoms with Crippen LogP contribution in [0.4, 0.5) is 0 Å². The SMILES string of the molecule is C=C(CO)CCCC(O)C(=C)C(C)C. The molecule has 0 spiro atoms. The molecule has 2 heteroatoms. The third-order valence-electron chi connectivity index (χ3n) is 2.40. The lowest BCUT2D eigenvalue weighted by atomic mass is 9.95. The summed E-state index contributed by atoms with van der Waals surface area (Å²) in [6.07, 6.45) is 1.92. The Hall–Kier alpha value is -0.600. The highest BCUT2D eigenvalue weighted by Crippen LogP contribution is 2.17. The van der Waals surface area contributed by atoms with Crippen molar-refractivity contribution in [1.29, 1.82) is 0 Å². The molecular formula is C12H22O2. The van der Waals surface area contributed by atoms with Gasteiger partial charge in [-0.3, -0.25) is 0 Å². The van der Waals surface area contributed by atoms with Crippen LogP contribution < -0.4 is 0 Å². The molecule has 14 heavy (non-hydrogen) atoms. The smallest absolute Gasteiger partial charge is 0.0750 e. The lowest BCUT2D eigenvalue weighted by Crippen LogP contribution is -2.13. The summed E-state index contributed by atoms with van der Waals surface area (Å²) in [5, 5.41) is 18.4. The van der Waals surface area contributed by atoms with Crippen molar-refractivity contribution in [1.82, 2.24) is 0 Å². The van der Waals surface area contributed by atoms with Gasteiger partial charge in [-0.15, -0.1) is 0 Å². The van der Waals surface area contributed by atoms with Gasteiger partial charge in [-0.2, -0.15) is 0 Å². The van der Waals surface area contributed by atoms with Crippen molar-refractivity contribution in [2.24, 2.45) is 5.92 Å². The van der Waals surface area contributed by atoms with Gasteiger partial charge in [0.2, 0.25) is 0 Å². The molecule has 2 N–H and O–H groups in total. The topological polar surface area (TPSA) is 40.5 Å². The van der Waals surface area contributed by atoms with Crippen LogP contribution in [0.3, 0.4) is 0 Å². The normalized spacial score (nSPS) is 12.9. The Kier molecular flexibility index (Phi) is 6.50. The van der Waals surface area contributed by atoms with E-state index in [1.54, 1.807) is 0 Å². The molecule has 0 aliphatic heterocycles. The summed E-state index contributed by atoms with van der Waals surface area (Å²) in [5.41, 5.74) is 1.71. The van der Waals surface area contributed by atoms with Crippen molar-refractivity contribution >= 4 is 0 Å². The molecule has 0 aromatic heterocycles. The van der Waals surface area contributed by atoms with E-state index in [-0.39, 0.29) is 6.61 Å². The molecule has 0 aromatic rings. The minimum absolute atomic E-state index is 0.0429. The van der Waals surface area contributed by atoms with Crippen molar-refractivity contribution in [2.75, 3.05) is 6.61 Å². The highest BCUT2D eigenvalue weighted by molar-refractivity contribution is 5.04. The van der Waals surface area contributed by atoms with E-state index in [2.05, 4.69) is 13.2 Å². The zero-order chi connectivity index (χ0) is 11.1. The van der Waals surface area contributed by atoms with Gasteiger partial charge in [-0.05, 0) is 30.8 Å². The van der Waals surface area contributed by atoms with Crippen LogP contribution in [-0.2, 0) is 0 Å². The van der Waals surface area contributed by atoms with Crippen molar-refractivity contribution in [3.05, 3.63) is 24.3 Å². The van der Waals surface area contributed by atoms with Crippen LogP contribution in [0.1, 0.15) is 33.1 Å². The summed E-state index contributed by atoms with van der Waals surface area (Å²) in [5.74, 6) is 0.325. The van der Waals surface area contributed by atoms with Crippen LogP contribution in [0.5, 0.6) is 0 Å². The average molecular weight is 198 g/mol. The van der Waals surface area contributed by atoms with Gasteiger partial charge < -0.3 is 10.2 Å². The Morgan fingerprint density at radius 1 is 1.29 bits per heavy atom. The number of aliphatic hydroxyl groups is 2. The Morgan fingerprint density at radius 2 is 1.86 bits per heavy atom. The van der Waals surface area contributed by atoms with Gasteiger partial charge in [0.25, 0.3) is 0 Å². The summed E-state index contributed by atoms with van der Waals surface area (Å²) < 4.78 is 0. The molecule has 0 aliphatic carbocycles. The first-order valence-electron chi connectivity index (χ1n) is 5.13. The van der Waals surface area contributed by atoms with Gasteiger partial charge in [-0.1, -0.05) is 32.6 Å². The first kappa shape index (κ1) is 13.4. The molecule has 0 amide bonds. The van der Waals surface area contributed by atoms with Crippen LogP contribution in [0.15, 0.2) is 24.3 Å². The quantitative estimate of drug-likeness (QED) is 0.616. The fourth-order valence-corrected chi connectivity index (χ4v) is 1.19. The average Bonchev–Trinajstić information content (AvgIpc) is 2.15. The number of hydrogen-bond acceptors (Lipinski definition) is 2. The second kappa shape index (κ2) is 6.80. The molecule has 0 saturated heterocycles. The lowest BCUT2D eigenvalue weighted by Gasteiger charge is -2.16. The highest BCUT2D eigenvalue weighted by atomic mass is 16.3. The monoisotopic (exact) mass is 198 g/mol. The Bertz CT molecular complexity index is 194. The van der Waals surface area contributed by atoms with E-state index in [4.69, 9.17) is 5.11 Å². The van der Waals surface area contributed by atoms with Gasteiger partial charge in [0.05, 0.1) is 12.7 Å². The predicted molar refractivity (Wildman–Crippen MR) is 60.1 cm³/mol. The van der Waals surface area contributed by atoms with Gasteiger partial charge in [-0.25, -0.2) is 0 Å². The predicted octanol–water partition coefficient (Wildman–Crippen LogP) is 2.28. The van der Waals surface area contributed by atoms with Crippen LogP contribution in [0, 0.1) is 5.92 Å². The molecule has 0 aliphatic rings. The van der Waals surface area contributed by atoms with E-state index in [1.807, 2.05) is 13.8 Å². The van der Waals surface area contributed by atoms with Crippen LogP contribution in [0.2, 0.25) is 0 Å². The molecule has 1 unspecified atom stereocenters. The van der Waals surface area contributed by atoms with Gasteiger partial charge in [0.15, 0.2) is 0 Å². The van der Waals surface area contributed by atoms with Crippen LogP contribution in [0.25, 0.3) is 0 Å². The molecule has 1 atom stereocenters. The molecule has 0 aromatic carbocycles. The molecular weight excluding hydrogens is 176 g/mol. The zero-order valence-corrected chi connectivity index (χ0v) is 9.29. The zero-order valence-electron chi connectivity index (χ0n) is 9.29. The molecule has 0 radical (unpaired) electrons. The van der Waals surface area contributed by atoms with Gasteiger partial charge >= 0.3 is 0 Å². The first-order valence-corrected chi connectivity index (χ1v) is 5.13.